The second-order valence-corrected chi connectivity index (χ2v) is 7.32. The van der Waals surface area contributed by atoms with E-state index in [1.807, 2.05) is 24.3 Å². The number of aromatic nitrogens is 2. The Balaban J connectivity index is 1.80. The molecule has 3 aromatic rings. The second-order valence-electron chi connectivity index (χ2n) is 5.49. The Morgan fingerprint density at radius 3 is 1.81 bits per heavy atom. The van der Waals surface area contributed by atoms with Gasteiger partial charge in [-0.25, -0.2) is 0 Å². The summed E-state index contributed by atoms with van der Waals surface area (Å²) < 4.78 is 3.25. The Morgan fingerprint density at radius 1 is 0.846 bits per heavy atom. The van der Waals surface area contributed by atoms with E-state index in [2.05, 4.69) is 47.6 Å². The van der Waals surface area contributed by atoms with Crippen LogP contribution in [0, 0.1) is 0 Å². The van der Waals surface area contributed by atoms with E-state index in [0.29, 0.717) is 11.4 Å². The molecule has 1 heterocycles. The van der Waals surface area contributed by atoms with Gasteiger partial charge in [-0.1, -0.05) is 31.9 Å². The van der Waals surface area contributed by atoms with E-state index in [1.54, 1.807) is 31.3 Å². The van der Waals surface area contributed by atoms with Crippen LogP contribution in [-0.4, -0.2) is 21.6 Å². The summed E-state index contributed by atoms with van der Waals surface area (Å²) in [5, 5.41) is 9.64. The van der Waals surface area contributed by atoms with Gasteiger partial charge in [0.25, 0.3) is 11.8 Å². The molecule has 8 heteroatoms. The zero-order valence-electron chi connectivity index (χ0n) is 13.7. The zero-order valence-corrected chi connectivity index (χ0v) is 16.8. The summed E-state index contributed by atoms with van der Waals surface area (Å²) in [5.41, 5.74) is 1.50. The molecule has 0 fully saturated rings. The van der Waals surface area contributed by atoms with Crippen molar-refractivity contribution in [1.82, 2.24) is 9.78 Å². The lowest BCUT2D eigenvalue weighted by Gasteiger charge is -2.07. The minimum atomic E-state index is -0.450. The van der Waals surface area contributed by atoms with Crippen LogP contribution in [0.1, 0.15) is 20.8 Å². The molecule has 1 aromatic heterocycles. The highest BCUT2D eigenvalue weighted by Crippen LogP contribution is 2.18. The predicted molar refractivity (Wildman–Crippen MR) is 107 cm³/mol. The first-order valence-electron chi connectivity index (χ1n) is 7.60. The predicted octanol–water partition coefficient (Wildman–Crippen LogP) is 4.45. The van der Waals surface area contributed by atoms with Crippen LogP contribution in [-0.2, 0) is 7.05 Å². The van der Waals surface area contributed by atoms with Crippen LogP contribution in [0.2, 0.25) is 0 Å². The third-order valence-corrected chi connectivity index (χ3v) is 4.55. The Kier molecular flexibility index (Phi) is 5.53. The fourth-order valence-electron chi connectivity index (χ4n) is 2.28. The summed E-state index contributed by atoms with van der Waals surface area (Å²) in [4.78, 5) is 25.1. The zero-order chi connectivity index (χ0) is 18.7. The molecule has 0 aliphatic heterocycles. The number of amides is 2. The Labute approximate surface area is 166 Å². The number of nitrogens with one attached hydrogen (secondary N) is 2. The minimum absolute atomic E-state index is 0.0602. The van der Waals surface area contributed by atoms with E-state index in [0.717, 1.165) is 8.95 Å². The number of carbonyl (C=O) groups is 2. The number of rotatable bonds is 4. The molecule has 0 atom stereocenters. The molecule has 6 nitrogen and oxygen atoms in total. The summed E-state index contributed by atoms with van der Waals surface area (Å²) in [6.07, 6.45) is 1.52. The number of aryl methyl sites for hydroxylation is 1. The van der Waals surface area contributed by atoms with Gasteiger partial charge >= 0.3 is 0 Å². The maximum absolute atomic E-state index is 12.6. The summed E-state index contributed by atoms with van der Waals surface area (Å²) in [5.74, 6) is -0.852. The third kappa shape index (κ3) is 4.39. The van der Waals surface area contributed by atoms with Gasteiger partial charge in [0.15, 0.2) is 5.69 Å². The van der Waals surface area contributed by atoms with Gasteiger partial charge in [-0.15, -0.1) is 0 Å². The summed E-state index contributed by atoms with van der Waals surface area (Å²) in [7, 11) is 1.66. The van der Waals surface area contributed by atoms with Gasteiger partial charge in [0, 0.05) is 33.6 Å². The number of hydrogen-bond acceptors (Lipinski definition) is 3. The fourth-order valence-corrected chi connectivity index (χ4v) is 2.81. The molecular weight excluding hydrogens is 464 g/mol. The van der Waals surface area contributed by atoms with Gasteiger partial charge in [-0.3, -0.25) is 14.3 Å². The minimum Gasteiger partial charge on any atom is -0.322 e. The van der Waals surface area contributed by atoms with Crippen molar-refractivity contribution in [3.63, 3.8) is 0 Å². The van der Waals surface area contributed by atoms with Crippen LogP contribution in [0.25, 0.3) is 0 Å². The van der Waals surface area contributed by atoms with Crippen LogP contribution in [0.4, 0.5) is 11.4 Å². The van der Waals surface area contributed by atoms with Gasteiger partial charge in [-0.05, 0) is 48.5 Å². The maximum atomic E-state index is 12.6. The van der Waals surface area contributed by atoms with Gasteiger partial charge in [0.1, 0.15) is 0 Å². The van der Waals surface area contributed by atoms with Crippen molar-refractivity contribution in [1.29, 1.82) is 0 Å². The molecule has 2 N–H and O–H groups in total. The number of benzene rings is 2. The molecule has 0 unspecified atom stereocenters. The lowest BCUT2D eigenvalue weighted by atomic mass is 10.2. The lowest BCUT2D eigenvalue weighted by Crippen LogP contribution is -2.19. The first-order valence-corrected chi connectivity index (χ1v) is 9.18. The van der Waals surface area contributed by atoms with Crippen LogP contribution in [0.15, 0.2) is 63.7 Å². The summed E-state index contributed by atoms with van der Waals surface area (Å²) in [6.45, 7) is 0. The number of halogens is 2. The van der Waals surface area contributed by atoms with Gasteiger partial charge in [-0.2, -0.15) is 5.10 Å². The van der Waals surface area contributed by atoms with Gasteiger partial charge in [0.2, 0.25) is 0 Å². The number of hydrogen-bond donors (Lipinski definition) is 2. The maximum Gasteiger partial charge on any atom is 0.276 e. The van der Waals surface area contributed by atoms with E-state index in [1.165, 1.54) is 10.9 Å². The number of nitrogens with zero attached hydrogens (tertiary/aromatic N) is 2. The Bertz CT molecular complexity index is 873. The van der Waals surface area contributed by atoms with Crippen LogP contribution in [0.5, 0.6) is 0 Å². The molecule has 2 amide bonds. The molecule has 0 aliphatic carbocycles. The van der Waals surface area contributed by atoms with E-state index in [9.17, 15) is 9.59 Å². The monoisotopic (exact) mass is 476 g/mol. The quantitative estimate of drug-likeness (QED) is 0.582. The molecule has 26 heavy (non-hydrogen) atoms. The largest absolute Gasteiger partial charge is 0.322 e. The van der Waals surface area contributed by atoms with Crippen molar-refractivity contribution in [3.05, 3.63) is 74.9 Å². The third-order valence-electron chi connectivity index (χ3n) is 3.49. The average Bonchev–Trinajstić information content (AvgIpc) is 3.01. The van der Waals surface area contributed by atoms with Crippen molar-refractivity contribution in [2.45, 2.75) is 0 Å². The molecule has 0 bridgehead atoms. The van der Waals surface area contributed by atoms with Crippen LogP contribution >= 0.6 is 31.9 Å². The first-order chi connectivity index (χ1) is 12.4. The summed E-state index contributed by atoms with van der Waals surface area (Å²) >= 11 is 6.69. The average molecular weight is 478 g/mol. The standard InChI is InChI=1S/C18H14Br2N4O2/c1-24-10-15(17(25)21-13-6-2-11(19)3-7-13)16(23-24)18(26)22-14-8-4-12(20)5-9-14/h2-10H,1H3,(H,21,25)(H,22,26). The fraction of sp³-hybridized carbons (Fsp3) is 0.0556. The molecule has 2 aromatic carbocycles. The van der Waals surface area contributed by atoms with Gasteiger partial charge < -0.3 is 10.6 Å². The van der Waals surface area contributed by atoms with Crippen molar-refractivity contribution in [2.75, 3.05) is 10.6 Å². The first kappa shape index (κ1) is 18.3. The SMILES string of the molecule is Cn1cc(C(=O)Nc2ccc(Br)cc2)c(C(=O)Nc2ccc(Br)cc2)n1. The molecule has 0 spiro atoms. The topological polar surface area (TPSA) is 76.0 Å². The van der Waals surface area contributed by atoms with Crippen molar-refractivity contribution in [2.24, 2.45) is 7.05 Å². The molecular formula is C18H14Br2N4O2. The highest BCUT2D eigenvalue weighted by Gasteiger charge is 2.22. The second kappa shape index (κ2) is 7.84. The van der Waals surface area contributed by atoms with Gasteiger partial charge in [0.05, 0.1) is 5.56 Å². The van der Waals surface area contributed by atoms with E-state index in [4.69, 9.17) is 0 Å². The van der Waals surface area contributed by atoms with Crippen LogP contribution in [0.3, 0.4) is 0 Å². The van der Waals surface area contributed by atoms with E-state index in [-0.39, 0.29) is 11.3 Å². The number of carbonyl (C=O) groups excluding carboxylic acids is 2. The molecule has 3 rings (SSSR count). The van der Waals surface area contributed by atoms with Crippen molar-refractivity contribution < 1.29 is 9.59 Å². The lowest BCUT2D eigenvalue weighted by molar-refractivity contribution is 0.0988. The molecule has 0 aliphatic rings. The molecule has 0 radical (unpaired) electrons. The smallest absolute Gasteiger partial charge is 0.276 e. The Morgan fingerprint density at radius 2 is 1.31 bits per heavy atom. The Hall–Kier alpha value is -2.45. The summed E-state index contributed by atoms with van der Waals surface area (Å²) in [6, 6.07) is 14.3. The molecule has 132 valence electrons. The van der Waals surface area contributed by atoms with Crippen LogP contribution < -0.4 is 10.6 Å². The van der Waals surface area contributed by atoms with E-state index < -0.39 is 11.8 Å². The highest BCUT2D eigenvalue weighted by molar-refractivity contribution is 9.10. The molecule has 0 saturated heterocycles. The highest BCUT2D eigenvalue weighted by atomic mass is 79.9. The number of anilines is 2. The normalized spacial score (nSPS) is 10.4. The van der Waals surface area contributed by atoms with E-state index >= 15 is 0 Å². The van der Waals surface area contributed by atoms with Crippen molar-refractivity contribution >= 4 is 55.0 Å². The molecule has 0 saturated carbocycles. The van der Waals surface area contributed by atoms with Crippen molar-refractivity contribution in [3.8, 4) is 0 Å².